The molecular weight excluding hydrogens is 198 g/mol. The maximum atomic E-state index is 8.75. The van der Waals surface area contributed by atoms with Crippen molar-refractivity contribution in [1.29, 1.82) is 0 Å². The van der Waals surface area contributed by atoms with Gasteiger partial charge in [0.2, 0.25) is 0 Å². The minimum absolute atomic E-state index is 0. The highest BCUT2D eigenvalue weighted by Gasteiger charge is 2.05. The van der Waals surface area contributed by atoms with Crippen molar-refractivity contribution in [2.75, 3.05) is 26.2 Å². The summed E-state index contributed by atoms with van der Waals surface area (Å²) in [5.41, 5.74) is 0. The number of aliphatic hydroxyl groups is 1. The summed E-state index contributed by atoms with van der Waals surface area (Å²) in [5.74, 6) is 0. The molecule has 0 saturated heterocycles. The second-order valence-electron chi connectivity index (χ2n) is 3.78. The zero-order chi connectivity index (χ0) is 9.94. The minimum atomic E-state index is 0. The highest BCUT2D eigenvalue weighted by Crippen LogP contribution is 1.83. The van der Waals surface area contributed by atoms with Gasteiger partial charge in [0.25, 0.3) is 0 Å². The van der Waals surface area contributed by atoms with Crippen LogP contribution in [0.4, 0.5) is 0 Å². The minimum Gasteiger partial charge on any atom is -1.00 e. The van der Waals surface area contributed by atoms with Gasteiger partial charge in [0, 0.05) is 13.0 Å². The fourth-order valence-corrected chi connectivity index (χ4v) is 1.56. The molecule has 0 unspecified atom stereocenters. The number of halogens is 1. The molecule has 14 heavy (non-hydrogen) atoms. The van der Waals surface area contributed by atoms with E-state index in [0.29, 0.717) is 6.61 Å². The molecule has 0 atom stereocenters. The largest absolute Gasteiger partial charge is 1.00 e. The van der Waals surface area contributed by atoms with E-state index in [2.05, 4.69) is 13.8 Å². The third-order valence-electron chi connectivity index (χ3n) is 2.46. The van der Waals surface area contributed by atoms with Gasteiger partial charge in [-0.1, -0.05) is 26.7 Å². The van der Waals surface area contributed by atoms with Crippen molar-refractivity contribution >= 4 is 0 Å². The molecule has 3 heteroatoms. The van der Waals surface area contributed by atoms with Crippen molar-refractivity contribution < 1.29 is 22.4 Å². The molecule has 0 amide bonds. The first-order valence-electron chi connectivity index (χ1n) is 5.79. The third-order valence-corrected chi connectivity index (χ3v) is 2.46. The van der Waals surface area contributed by atoms with Gasteiger partial charge in [0.1, 0.15) is 0 Å². The first-order valence-corrected chi connectivity index (χ1v) is 5.79. The number of nitrogens with one attached hydrogen (secondary N) is 1. The Labute approximate surface area is 95.1 Å². The van der Waals surface area contributed by atoms with Crippen LogP contribution in [0.3, 0.4) is 0 Å². The number of hydrogen-bond donors (Lipinski definition) is 2. The van der Waals surface area contributed by atoms with Crippen molar-refractivity contribution in [2.24, 2.45) is 0 Å². The van der Waals surface area contributed by atoms with E-state index in [1.54, 1.807) is 4.90 Å². The van der Waals surface area contributed by atoms with Gasteiger partial charge in [0.05, 0.1) is 19.6 Å². The summed E-state index contributed by atoms with van der Waals surface area (Å²) >= 11 is 0. The summed E-state index contributed by atoms with van der Waals surface area (Å²) in [7, 11) is 0. The number of aliphatic hydroxyl groups excluding tert-OH is 1. The van der Waals surface area contributed by atoms with Crippen LogP contribution in [-0.4, -0.2) is 31.3 Å². The van der Waals surface area contributed by atoms with E-state index in [9.17, 15) is 0 Å². The molecule has 88 valence electrons. The third kappa shape index (κ3) is 10.3. The van der Waals surface area contributed by atoms with E-state index in [1.807, 2.05) is 0 Å². The van der Waals surface area contributed by atoms with Crippen LogP contribution >= 0.6 is 0 Å². The molecule has 2 nitrogen and oxygen atoms in total. The first-order chi connectivity index (χ1) is 6.35. The lowest BCUT2D eigenvalue weighted by molar-refractivity contribution is -0.900. The van der Waals surface area contributed by atoms with Crippen molar-refractivity contribution in [3.8, 4) is 0 Å². The molecule has 0 aromatic rings. The molecule has 0 heterocycles. The standard InChI is InChI=1S/C11H25NO.ClH/c1-3-5-8-12(9-6-4-2)10-7-11-13;/h13H,3-11H2,1-2H3;1H. The second kappa shape index (κ2) is 13.2. The van der Waals surface area contributed by atoms with E-state index in [-0.39, 0.29) is 12.4 Å². The zero-order valence-electron chi connectivity index (χ0n) is 9.69. The highest BCUT2D eigenvalue weighted by atomic mass is 35.5. The maximum absolute atomic E-state index is 8.75. The molecule has 0 aromatic heterocycles. The number of quaternary nitrogens is 1. The van der Waals surface area contributed by atoms with Crippen LogP contribution in [0, 0.1) is 0 Å². The molecular formula is C11H26ClNO. The van der Waals surface area contributed by atoms with Crippen LogP contribution in [-0.2, 0) is 0 Å². The quantitative estimate of drug-likeness (QED) is 0.458. The fraction of sp³-hybridized carbons (Fsp3) is 1.00. The van der Waals surface area contributed by atoms with Gasteiger partial charge in [0.15, 0.2) is 0 Å². The molecule has 0 rings (SSSR count). The van der Waals surface area contributed by atoms with E-state index in [0.717, 1.165) is 13.0 Å². The monoisotopic (exact) mass is 223 g/mol. The number of unbranched alkanes of at least 4 members (excludes halogenated alkanes) is 2. The lowest BCUT2D eigenvalue weighted by atomic mass is 10.2. The molecule has 0 bridgehead atoms. The lowest BCUT2D eigenvalue weighted by Crippen LogP contribution is -3.12. The predicted octanol–water partition coefficient (Wildman–Crippen LogP) is -2.14. The van der Waals surface area contributed by atoms with Gasteiger partial charge in [-0.3, -0.25) is 0 Å². The summed E-state index contributed by atoms with van der Waals surface area (Å²) in [6.45, 7) is 8.55. The predicted molar refractivity (Wildman–Crippen MR) is 57.1 cm³/mol. The van der Waals surface area contributed by atoms with E-state index < -0.39 is 0 Å². The van der Waals surface area contributed by atoms with Gasteiger partial charge in [-0.25, -0.2) is 0 Å². The fourth-order valence-electron chi connectivity index (χ4n) is 1.56. The van der Waals surface area contributed by atoms with Crippen molar-refractivity contribution in [3.05, 3.63) is 0 Å². The van der Waals surface area contributed by atoms with Crippen LogP contribution in [0.2, 0.25) is 0 Å². The Kier molecular flexibility index (Phi) is 15.7. The Morgan fingerprint density at radius 3 is 1.64 bits per heavy atom. The van der Waals surface area contributed by atoms with E-state index >= 15 is 0 Å². The van der Waals surface area contributed by atoms with E-state index in [4.69, 9.17) is 5.11 Å². The van der Waals surface area contributed by atoms with Crippen LogP contribution in [0.15, 0.2) is 0 Å². The van der Waals surface area contributed by atoms with Crippen LogP contribution in [0.1, 0.15) is 46.0 Å². The van der Waals surface area contributed by atoms with Crippen LogP contribution in [0.25, 0.3) is 0 Å². The topological polar surface area (TPSA) is 24.7 Å². The average molecular weight is 224 g/mol. The molecule has 0 saturated carbocycles. The van der Waals surface area contributed by atoms with Crippen LogP contribution in [0.5, 0.6) is 0 Å². The molecule has 0 spiro atoms. The van der Waals surface area contributed by atoms with Gasteiger partial charge < -0.3 is 22.4 Å². The van der Waals surface area contributed by atoms with Crippen LogP contribution < -0.4 is 17.3 Å². The molecule has 2 N–H and O–H groups in total. The normalized spacial score (nSPS) is 10.3. The summed E-state index contributed by atoms with van der Waals surface area (Å²) in [5, 5.41) is 8.75. The molecule has 0 aliphatic carbocycles. The van der Waals surface area contributed by atoms with Gasteiger partial charge in [-0.05, 0) is 12.8 Å². The zero-order valence-corrected chi connectivity index (χ0v) is 10.4. The molecule has 0 aliphatic rings. The first kappa shape index (κ1) is 16.6. The Morgan fingerprint density at radius 1 is 0.857 bits per heavy atom. The van der Waals surface area contributed by atoms with Gasteiger partial charge in [-0.2, -0.15) is 0 Å². The molecule has 0 radical (unpaired) electrons. The average Bonchev–Trinajstić information content (AvgIpc) is 2.17. The Hall–Kier alpha value is 0.210. The summed E-state index contributed by atoms with van der Waals surface area (Å²) in [6, 6.07) is 0. The van der Waals surface area contributed by atoms with Crippen molar-refractivity contribution in [2.45, 2.75) is 46.0 Å². The Bertz CT molecular complexity index is 82.3. The van der Waals surface area contributed by atoms with E-state index in [1.165, 1.54) is 38.8 Å². The second-order valence-corrected chi connectivity index (χ2v) is 3.78. The Morgan fingerprint density at radius 2 is 1.29 bits per heavy atom. The van der Waals surface area contributed by atoms with Gasteiger partial charge in [-0.15, -0.1) is 0 Å². The molecule has 0 aromatic carbocycles. The summed E-state index contributed by atoms with van der Waals surface area (Å²) in [4.78, 5) is 1.68. The number of hydrogen-bond acceptors (Lipinski definition) is 1. The van der Waals surface area contributed by atoms with Gasteiger partial charge >= 0.3 is 0 Å². The summed E-state index contributed by atoms with van der Waals surface area (Å²) in [6.07, 6.45) is 6.18. The summed E-state index contributed by atoms with van der Waals surface area (Å²) < 4.78 is 0. The van der Waals surface area contributed by atoms with Crippen molar-refractivity contribution in [3.63, 3.8) is 0 Å². The maximum Gasteiger partial charge on any atom is 0.0793 e. The lowest BCUT2D eigenvalue weighted by Gasteiger charge is -2.18. The number of rotatable bonds is 9. The smallest absolute Gasteiger partial charge is 0.0793 e. The molecule has 0 aliphatic heterocycles. The molecule has 0 fully saturated rings. The highest BCUT2D eigenvalue weighted by molar-refractivity contribution is 4.36. The van der Waals surface area contributed by atoms with Crippen molar-refractivity contribution in [1.82, 2.24) is 0 Å². The SMILES string of the molecule is CCCC[NH+](CCCC)CCCO.[Cl-]. The Balaban J connectivity index is 0.